The Morgan fingerprint density at radius 1 is 1.67 bits per heavy atom. The molecule has 0 saturated carbocycles. The molecule has 36 valence electrons. The number of epoxide rings is 1. The van der Waals surface area contributed by atoms with Crippen molar-refractivity contribution in [1.29, 1.82) is 0 Å². The SMILES string of the molecule is CNC1OC1C. The van der Waals surface area contributed by atoms with E-state index in [-0.39, 0.29) is 0 Å². The first-order chi connectivity index (χ1) is 2.84. The Kier molecular flexibility index (Phi) is 0.821. The van der Waals surface area contributed by atoms with Gasteiger partial charge in [0, 0.05) is 0 Å². The van der Waals surface area contributed by atoms with Crippen molar-refractivity contribution in [3.05, 3.63) is 0 Å². The lowest BCUT2D eigenvalue weighted by atomic mass is 10.5. The van der Waals surface area contributed by atoms with E-state index in [9.17, 15) is 0 Å². The van der Waals surface area contributed by atoms with Gasteiger partial charge in [0.15, 0.2) is 0 Å². The first-order valence-electron chi connectivity index (χ1n) is 2.17. The lowest BCUT2D eigenvalue weighted by molar-refractivity contribution is 0.361. The minimum atomic E-state index is 0.352. The molecule has 6 heavy (non-hydrogen) atoms. The Morgan fingerprint density at radius 3 is 2.17 bits per heavy atom. The lowest BCUT2D eigenvalue weighted by Gasteiger charge is -1.79. The van der Waals surface area contributed by atoms with Gasteiger partial charge in [-0.1, -0.05) is 0 Å². The minimum Gasteiger partial charge on any atom is -0.354 e. The Bertz CT molecular complexity index is 53.5. The summed E-state index contributed by atoms with van der Waals surface area (Å²) in [5, 5.41) is 2.97. The van der Waals surface area contributed by atoms with Crippen LogP contribution in [0, 0.1) is 0 Å². The third-order valence-electron chi connectivity index (χ3n) is 0.996. The van der Waals surface area contributed by atoms with Gasteiger partial charge >= 0.3 is 0 Å². The first kappa shape index (κ1) is 4.09. The molecule has 1 N–H and O–H groups in total. The lowest BCUT2D eigenvalue weighted by Crippen LogP contribution is -2.11. The summed E-state index contributed by atoms with van der Waals surface area (Å²) in [5.74, 6) is 0. The fraction of sp³-hybridized carbons (Fsp3) is 1.00. The van der Waals surface area contributed by atoms with Crippen molar-refractivity contribution in [2.75, 3.05) is 7.05 Å². The third-order valence-corrected chi connectivity index (χ3v) is 0.996. The van der Waals surface area contributed by atoms with Gasteiger partial charge in [-0.05, 0) is 14.0 Å². The van der Waals surface area contributed by atoms with Gasteiger partial charge in [-0.2, -0.15) is 0 Å². The van der Waals surface area contributed by atoms with Gasteiger partial charge < -0.3 is 4.74 Å². The topological polar surface area (TPSA) is 24.6 Å². The molecule has 1 fully saturated rings. The summed E-state index contributed by atoms with van der Waals surface area (Å²) in [6.07, 6.45) is 0.806. The van der Waals surface area contributed by atoms with Crippen LogP contribution in [-0.2, 0) is 4.74 Å². The van der Waals surface area contributed by atoms with Crippen LogP contribution < -0.4 is 5.32 Å². The van der Waals surface area contributed by atoms with Gasteiger partial charge in [-0.25, -0.2) is 0 Å². The molecule has 1 saturated heterocycles. The normalized spacial score (nSPS) is 43.0. The average Bonchev–Trinajstić information content (AvgIpc) is 2.19. The maximum Gasteiger partial charge on any atom is 0.134 e. The Morgan fingerprint density at radius 2 is 2.17 bits per heavy atom. The van der Waals surface area contributed by atoms with Gasteiger partial charge in [0.25, 0.3) is 0 Å². The first-order valence-corrected chi connectivity index (χ1v) is 2.17. The molecule has 1 aliphatic heterocycles. The maximum atomic E-state index is 4.95. The Hall–Kier alpha value is -0.0800. The number of hydrogen-bond acceptors (Lipinski definition) is 2. The summed E-state index contributed by atoms with van der Waals surface area (Å²) in [5.41, 5.74) is 0. The van der Waals surface area contributed by atoms with Crippen LogP contribution in [0.2, 0.25) is 0 Å². The maximum absolute atomic E-state index is 4.95. The van der Waals surface area contributed by atoms with E-state index in [2.05, 4.69) is 5.32 Å². The van der Waals surface area contributed by atoms with Gasteiger partial charge in [0.05, 0.1) is 6.10 Å². The van der Waals surface area contributed by atoms with Crippen LogP contribution in [0.4, 0.5) is 0 Å². The second-order valence-corrected chi connectivity index (χ2v) is 1.55. The number of rotatable bonds is 1. The average molecular weight is 87.1 g/mol. The molecule has 0 aliphatic carbocycles. The highest BCUT2D eigenvalue weighted by molar-refractivity contribution is 4.74. The van der Waals surface area contributed by atoms with E-state index < -0.39 is 0 Å². The van der Waals surface area contributed by atoms with E-state index in [0.29, 0.717) is 12.3 Å². The highest BCUT2D eigenvalue weighted by Crippen LogP contribution is 2.15. The molecule has 0 aromatic heterocycles. The van der Waals surface area contributed by atoms with E-state index in [1.807, 2.05) is 14.0 Å². The predicted octanol–water partition coefficient (Wildman–Crippen LogP) is -0.0494. The predicted molar refractivity (Wildman–Crippen MR) is 23.4 cm³/mol. The fourth-order valence-electron chi connectivity index (χ4n) is 0.489. The highest BCUT2D eigenvalue weighted by Gasteiger charge is 2.31. The monoisotopic (exact) mass is 87.1 g/mol. The van der Waals surface area contributed by atoms with Crippen molar-refractivity contribution in [3.63, 3.8) is 0 Å². The van der Waals surface area contributed by atoms with Crippen LogP contribution in [0.25, 0.3) is 0 Å². The molecular formula is C4H9NO. The molecule has 0 spiro atoms. The molecule has 0 aromatic carbocycles. The summed E-state index contributed by atoms with van der Waals surface area (Å²) in [6, 6.07) is 0. The second-order valence-electron chi connectivity index (χ2n) is 1.55. The quantitative estimate of drug-likeness (QED) is 0.453. The Labute approximate surface area is 37.5 Å². The molecule has 0 amide bonds. The van der Waals surface area contributed by atoms with E-state index in [4.69, 9.17) is 4.74 Å². The Balaban J connectivity index is 2.09. The summed E-state index contributed by atoms with van der Waals surface area (Å²) in [7, 11) is 1.90. The van der Waals surface area contributed by atoms with E-state index in [1.165, 1.54) is 0 Å². The van der Waals surface area contributed by atoms with Crippen LogP contribution in [0.5, 0.6) is 0 Å². The zero-order chi connectivity index (χ0) is 4.57. The van der Waals surface area contributed by atoms with Crippen molar-refractivity contribution in [2.45, 2.75) is 19.3 Å². The summed E-state index contributed by atoms with van der Waals surface area (Å²) in [6.45, 7) is 2.04. The zero-order valence-corrected chi connectivity index (χ0v) is 4.06. The summed E-state index contributed by atoms with van der Waals surface area (Å²) < 4.78 is 4.95. The molecule has 1 aliphatic rings. The van der Waals surface area contributed by atoms with Crippen molar-refractivity contribution in [3.8, 4) is 0 Å². The number of nitrogens with one attached hydrogen (secondary N) is 1. The smallest absolute Gasteiger partial charge is 0.134 e. The van der Waals surface area contributed by atoms with Crippen molar-refractivity contribution in [1.82, 2.24) is 5.32 Å². The molecule has 0 bridgehead atoms. The highest BCUT2D eigenvalue weighted by atomic mass is 16.6. The molecule has 0 aromatic rings. The van der Waals surface area contributed by atoms with Crippen LogP contribution in [0.3, 0.4) is 0 Å². The largest absolute Gasteiger partial charge is 0.354 e. The van der Waals surface area contributed by atoms with Gasteiger partial charge in [0.2, 0.25) is 0 Å². The van der Waals surface area contributed by atoms with E-state index >= 15 is 0 Å². The van der Waals surface area contributed by atoms with E-state index in [0.717, 1.165) is 0 Å². The molecular weight excluding hydrogens is 78.0 g/mol. The molecule has 1 rings (SSSR count). The van der Waals surface area contributed by atoms with Crippen molar-refractivity contribution in [2.24, 2.45) is 0 Å². The molecule has 1 heterocycles. The van der Waals surface area contributed by atoms with Gasteiger partial charge in [-0.15, -0.1) is 0 Å². The van der Waals surface area contributed by atoms with Crippen LogP contribution in [-0.4, -0.2) is 19.4 Å². The second kappa shape index (κ2) is 1.21. The zero-order valence-electron chi connectivity index (χ0n) is 4.06. The summed E-state index contributed by atoms with van der Waals surface area (Å²) in [4.78, 5) is 0. The molecule has 2 atom stereocenters. The van der Waals surface area contributed by atoms with Gasteiger partial charge in [-0.3, -0.25) is 5.32 Å². The minimum absolute atomic E-state index is 0.352. The van der Waals surface area contributed by atoms with Crippen LogP contribution in [0.1, 0.15) is 6.92 Å². The summed E-state index contributed by atoms with van der Waals surface area (Å²) >= 11 is 0. The van der Waals surface area contributed by atoms with Crippen LogP contribution in [0.15, 0.2) is 0 Å². The van der Waals surface area contributed by atoms with Crippen molar-refractivity contribution < 1.29 is 4.74 Å². The molecule has 0 radical (unpaired) electrons. The molecule has 2 unspecified atom stereocenters. The van der Waals surface area contributed by atoms with Crippen LogP contribution >= 0.6 is 0 Å². The molecule has 2 nitrogen and oxygen atoms in total. The fourth-order valence-corrected chi connectivity index (χ4v) is 0.489. The third kappa shape index (κ3) is 0.533. The molecule has 2 heteroatoms. The van der Waals surface area contributed by atoms with Gasteiger partial charge in [0.1, 0.15) is 6.23 Å². The standard InChI is InChI=1S/C4H9NO/c1-3-4(5-2)6-3/h3-5H,1-2H3. The van der Waals surface area contributed by atoms with Crippen molar-refractivity contribution >= 4 is 0 Å². The number of hydrogen-bond donors (Lipinski definition) is 1. The number of ether oxygens (including phenoxy) is 1. The number of likely N-dealkylation sites (N-methyl/N-ethyl adjacent to an activating group) is 1. The van der Waals surface area contributed by atoms with E-state index in [1.54, 1.807) is 0 Å².